The van der Waals surface area contributed by atoms with Gasteiger partial charge < -0.3 is 57.0 Å². The van der Waals surface area contributed by atoms with E-state index in [2.05, 4.69) is 26.0 Å². The molecular formula is C66H63LiN4O20S4. The molecule has 0 aromatic heterocycles. The second-order valence-corrected chi connectivity index (χ2v) is 25.5. The first-order valence-electron chi connectivity index (χ1n) is 26.5. The summed E-state index contributed by atoms with van der Waals surface area (Å²) in [6.45, 7) is 7.63. The van der Waals surface area contributed by atoms with Gasteiger partial charge in [0.05, 0.1) is 101 Å². The number of ether oxygens (including phenoxy) is 2. The fraction of sp³-hybridized carbons (Fsp3) is 0.136. The standard InChI is InChI=1S/C16H13NO5S.C16H13NO3S.C15H11NO5S.C15H11NO3S.C2H4O2.2CH4.Li.2H2O/c1-9-10(16(19)22-2)7-8-13-14(9)17-15(18)11-5-3-4-6-12(11)23(13,20)21;1-9-10(16(19)20-2)7-8-13-14(9)17-15(18)11-5-3-4-6-12(11)21-13;1-8-9(15(18)19)6-7-12-13(8)16-14(17)10-4-2-3-5-11(10)22(12,20)21;1-8-9(15(18)19)6-7-12-13(8)16-14(17)10-4-2-3-5-11(10)20-12;1-2(3)4;;;;;/h3-8H,1-2H3,(H,17,18);3-8H,1-2H3,(H,17,18);2-7H,1H3,(H,16,17)(H,18,19);2-7H,1H3,(H,16,17)(H,18,19);1H3,(H,3,4);2*1H4;;2*1H2/q;;;;;;;+1;;/p-1. The van der Waals surface area contributed by atoms with Crippen molar-refractivity contribution in [3.8, 4) is 0 Å². The van der Waals surface area contributed by atoms with Crippen LogP contribution in [0.25, 0.3) is 0 Å². The number of anilines is 4. The van der Waals surface area contributed by atoms with Gasteiger partial charge in [-0.3, -0.25) is 24.0 Å². The van der Waals surface area contributed by atoms with Crippen molar-refractivity contribution < 1.29 is 115 Å². The Labute approximate surface area is 566 Å². The molecule has 0 aliphatic carbocycles. The Morgan fingerprint density at radius 3 is 1.01 bits per heavy atom. The monoisotopic (exact) mass is 1370 g/mol. The van der Waals surface area contributed by atoms with Gasteiger partial charge in [0.25, 0.3) is 29.6 Å². The van der Waals surface area contributed by atoms with Crippen LogP contribution in [0.2, 0.25) is 0 Å². The molecule has 492 valence electrons. The van der Waals surface area contributed by atoms with Crippen molar-refractivity contribution in [2.75, 3.05) is 35.5 Å². The quantitative estimate of drug-likeness (QED) is 0.0640. The molecule has 0 spiro atoms. The van der Waals surface area contributed by atoms with Crippen molar-refractivity contribution >= 4 is 119 Å². The second-order valence-electron chi connectivity index (χ2n) is 19.6. The fourth-order valence-electron chi connectivity index (χ4n) is 9.57. The van der Waals surface area contributed by atoms with Crippen molar-refractivity contribution in [3.05, 3.63) is 212 Å². The number of carboxylic acid groups (broad SMARTS) is 3. The summed E-state index contributed by atoms with van der Waals surface area (Å²) >= 11 is 2.98. The average molecular weight is 1370 g/mol. The van der Waals surface area contributed by atoms with Crippen molar-refractivity contribution in [2.45, 2.75) is 88.6 Å². The van der Waals surface area contributed by atoms with Gasteiger partial charge in [-0.1, -0.05) is 86.9 Å². The van der Waals surface area contributed by atoms with Crippen LogP contribution in [0.3, 0.4) is 0 Å². The first kappa shape index (κ1) is 79.3. The van der Waals surface area contributed by atoms with E-state index < -0.39 is 61.3 Å². The minimum atomic E-state index is -3.91. The molecule has 0 unspecified atom stereocenters. The number of aliphatic carboxylic acids is 1. The van der Waals surface area contributed by atoms with Crippen LogP contribution in [0.15, 0.2) is 185 Å². The molecule has 4 aliphatic heterocycles. The zero-order valence-electron chi connectivity index (χ0n) is 50.4. The van der Waals surface area contributed by atoms with E-state index in [1.807, 2.05) is 49.4 Å². The van der Waals surface area contributed by atoms with Crippen LogP contribution >= 0.6 is 23.5 Å². The molecule has 0 radical (unpaired) electrons. The molecule has 4 aliphatic rings. The summed E-state index contributed by atoms with van der Waals surface area (Å²) in [4.78, 5) is 107. The second kappa shape index (κ2) is 32.8. The summed E-state index contributed by atoms with van der Waals surface area (Å²) in [6.07, 6.45) is 0. The first-order valence-corrected chi connectivity index (χ1v) is 31.1. The normalized spacial score (nSPS) is 13.0. The number of carboxylic acids is 3. The van der Waals surface area contributed by atoms with Crippen LogP contribution in [-0.4, -0.2) is 111 Å². The molecule has 0 atom stereocenters. The molecular weight excluding hydrogens is 1300 g/mol. The van der Waals surface area contributed by atoms with E-state index in [9.17, 15) is 55.2 Å². The zero-order chi connectivity index (χ0) is 65.7. The first-order chi connectivity index (χ1) is 42.6. The maximum absolute atomic E-state index is 12.9. The Balaban J connectivity index is 0.000000318. The third-order valence-corrected chi connectivity index (χ3v) is 20.0. The average Bonchev–Trinajstić information content (AvgIpc) is 1.68. The summed E-state index contributed by atoms with van der Waals surface area (Å²) in [5.41, 5.74) is 5.37. The third-order valence-electron chi connectivity index (χ3n) is 14.1. The van der Waals surface area contributed by atoms with Gasteiger partial charge in [-0.15, -0.1) is 0 Å². The number of carbonyl (C=O) groups is 9. The predicted molar refractivity (Wildman–Crippen MR) is 350 cm³/mol. The molecule has 29 heteroatoms. The molecule has 8 aromatic carbocycles. The van der Waals surface area contributed by atoms with Crippen LogP contribution in [0.4, 0.5) is 22.7 Å². The van der Waals surface area contributed by atoms with Crippen molar-refractivity contribution in [2.24, 2.45) is 0 Å². The molecule has 24 nitrogen and oxygen atoms in total. The predicted octanol–water partition coefficient (Wildman–Crippen LogP) is 8.55. The Bertz CT molecular complexity index is 4630. The molecule has 0 fully saturated rings. The van der Waals surface area contributed by atoms with Crippen molar-refractivity contribution in [1.29, 1.82) is 0 Å². The van der Waals surface area contributed by atoms with Crippen molar-refractivity contribution in [3.63, 3.8) is 0 Å². The summed E-state index contributed by atoms with van der Waals surface area (Å²) in [5.74, 6) is -5.51. The van der Waals surface area contributed by atoms with Gasteiger partial charge in [-0.05, 0) is 147 Å². The number of aromatic carboxylic acids is 2. The van der Waals surface area contributed by atoms with E-state index in [1.54, 1.807) is 62.4 Å². The molecule has 0 bridgehead atoms. The Morgan fingerprint density at radius 2 is 0.653 bits per heavy atom. The number of hydrogen-bond acceptors (Lipinski definition) is 18. The van der Waals surface area contributed by atoms with Crippen molar-refractivity contribution in [1.82, 2.24) is 0 Å². The summed E-state index contributed by atoms with van der Waals surface area (Å²) in [5, 5.41) is 36.5. The van der Waals surface area contributed by atoms with E-state index in [-0.39, 0.29) is 121 Å². The summed E-state index contributed by atoms with van der Waals surface area (Å²) in [6, 6.07) is 38.7. The molecule has 4 heterocycles. The number of nitrogens with one attached hydrogen (secondary N) is 4. The number of sulfone groups is 2. The SMILES string of the molecule is C.C.CC(=O)O.COC(=O)c1ccc2c(c1C)NC(=O)c1ccccc1S2.COC(=O)c1ccc2c(c1C)NC(=O)c1ccccc1S2(=O)=O.Cc1c(C(=O)O)ccc2c1NC(=O)c1ccccc1S2.Cc1c(C(=O)O)ccc2c1NC(=O)c1ccccc1S2(=O)=O.O.[Li+].[OH-]. The number of hydrogen-bond donors (Lipinski definition) is 7. The van der Waals surface area contributed by atoms with Crippen LogP contribution in [-0.2, 0) is 33.9 Å². The fourth-order valence-corrected chi connectivity index (χ4v) is 15.1. The number of carbonyl (C=O) groups excluding carboxylic acids is 6. The minimum absolute atomic E-state index is 0. The van der Waals surface area contributed by atoms with Gasteiger partial charge in [-0.25, -0.2) is 36.0 Å². The molecule has 10 N–H and O–H groups in total. The van der Waals surface area contributed by atoms with Gasteiger partial charge in [0.1, 0.15) is 0 Å². The number of esters is 2. The van der Waals surface area contributed by atoms with Crippen LogP contribution < -0.4 is 40.1 Å². The molecule has 4 amide bonds. The number of rotatable bonds is 4. The van der Waals surface area contributed by atoms with Gasteiger partial charge in [0.15, 0.2) is 0 Å². The third kappa shape index (κ3) is 16.4. The van der Waals surface area contributed by atoms with E-state index in [0.717, 1.165) is 26.5 Å². The smallest absolute Gasteiger partial charge is 0.870 e. The van der Waals surface area contributed by atoms with Crippen LogP contribution in [0.5, 0.6) is 0 Å². The minimum Gasteiger partial charge on any atom is -0.870 e. The molecule has 8 aromatic rings. The zero-order valence-corrected chi connectivity index (χ0v) is 53.7. The van der Waals surface area contributed by atoms with E-state index in [1.165, 1.54) is 99.3 Å². The largest absolute Gasteiger partial charge is 1.00 e. The molecule has 12 rings (SSSR count). The van der Waals surface area contributed by atoms with Crippen LogP contribution in [0.1, 0.15) is 127 Å². The molecule has 95 heavy (non-hydrogen) atoms. The maximum Gasteiger partial charge on any atom is 1.00 e. The topological polar surface area (TPSA) is 411 Å². The maximum atomic E-state index is 12.9. The summed E-state index contributed by atoms with van der Waals surface area (Å²) < 4.78 is 60.7. The summed E-state index contributed by atoms with van der Waals surface area (Å²) in [7, 11) is -5.21. The van der Waals surface area contributed by atoms with Gasteiger partial charge in [-0.2, -0.15) is 0 Å². The Hall–Kier alpha value is -9.89. The van der Waals surface area contributed by atoms with Gasteiger partial charge >= 0.3 is 42.7 Å². The number of benzene rings is 8. The molecule has 0 saturated carbocycles. The number of methoxy groups -OCH3 is 2. The van der Waals surface area contributed by atoms with Crippen LogP contribution in [0, 0.1) is 27.7 Å². The Morgan fingerprint density at radius 1 is 0.389 bits per heavy atom. The van der Waals surface area contributed by atoms with E-state index in [0.29, 0.717) is 44.8 Å². The van der Waals surface area contributed by atoms with E-state index >= 15 is 0 Å². The van der Waals surface area contributed by atoms with Gasteiger partial charge in [0.2, 0.25) is 19.7 Å². The number of amides is 4. The number of fused-ring (bicyclic) bond motifs is 8. The Kier molecular flexibility index (Phi) is 27.4. The van der Waals surface area contributed by atoms with E-state index in [4.69, 9.17) is 24.9 Å². The van der Waals surface area contributed by atoms with Gasteiger partial charge in [0, 0.05) is 26.5 Å². The molecule has 0 saturated heterocycles.